The predicted octanol–water partition coefficient (Wildman–Crippen LogP) is 3.27. The first-order valence-electron chi connectivity index (χ1n) is 11.2. The minimum Gasteiger partial charge on any atom is -0.390 e. The number of anilines is 1. The Kier molecular flexibility index (Phi) is 6.72. The van der Waals surface area contributed by atoms with E-state index in [1.54, 1.807) is 29.3 Å². The number of rotatable bonds is 7. The monoisotopic (exact) mass is 522 g/mol. The molecule has 1 fully saturated rings. The van der Waals surface area contributed by atoms with E-state index in [-0.39, 0.29) is 31.8 Å². The van der Waals surface area contributed by atoms with Gasteiger partial charge < -0.3 is 15.3 Å². The van der Waals surface area contributed by atoms with Gasteiger partial charge in [-0.15, -0.1) is 12.3 Å². The number of aliphatic hydroxyl groups excluding tert-OH is 1. The molecule has 0 saturated carbocycles. The Morgan fingerprint density at radius 2 is 2.00 bits per heavy atom. The largest absolute Gasteiger partial charge is 0.408 e. The van der Waals surface area contributed by atoms with E-state index in [0.717, 1.165) is 11.6 Å². The minimum atomic E-state index is -4.73. The Morgan fingerprint density at radius 3 is 2.57 bits per heavy atom. The highest BCUT2D eigenvalue weighted by molar-refractivity contribution is 5.95. The van der Waals surface area contributed by atoms with Gasteiger partial charge in [0.2, 0.25) is 0 Å². The minimum absolute atomic E-state index is 0.126. The summed E-state index contributed by atoms with van der Waals surface area (Å²) >= 11 is 0. The first-order chi connectivity index (χ1) is 17.4. The first-order valence-corrected chi connectivity index (χ1v) is 11.2. The number of aromatic amines is 1. The Bertz CT molecular complexity index is 1370. The van der Waals surface area contributed by atoms with Crippen LogP contribution in [-0.4, -0.2) is 56.3 Å². The normalized spacial score (nSPS) is 15.7. The molecule has 13 heteroatoms. The maximum atomic E-state index is 14.9. The molecule has 0 radical (unpaired) electrons. The molecule has 1 aliphatic heterocycles. The SMILES string of the molecule is C#CCC1(n2cc(-c3c[nH]nc3C)c(CO)n2)CN(c2cc(F)c(C(=O)N[C@@H](C)C(F)(F)F)cc2F)C1. The fourth-order valence-electron chi connectivity index (χ4n) is 4.30. The van der Waals surface area contributed by atoms with Gasteiger partial charge in [-0.3, -0.25) is 14.6 Å². The number of halogens is 5. The van der Waals surface area contributed by atoms with E-state index in [0.29, 0.717) is 29.9 Å². The summed E-state index contributed by atoms with van der Waals surface area (Å²) in [5.41, 5.74) is 0.657. The molecule has 8 nitrogen and oxygen atoms in total. The lowest BCUT2D eigenvalue weighted by molar-refractivity contribution is -0.149. The van der Waals surface area contributed by atoms with Crippen molar-refractivity contribution < 1.29 is 31.9 Å². The van der Waals surface area contributed by atoms with Crippen LogP contribution >= 0.6 is 0 Å². The summed E-state index contributed by atoms with van der Waals surface area (Å²) in [4.78, 5) is 13.6. The number of nitrogens with one attached hydrogen (secondary N) is 2. The second kappa shape index (κ2) is 9.51. The summed E-state index contributed by atoms with van der Waals surface area (Å²) in [5, 5.41) is 22.8. The van der Waals surface area contributed by atoms with E-state index in [1.807, 2.05) is 0 Å². The van der Waals surface area contributed by atoms with Gasteiger partial charge in [-0.1, -0.05) is 0 Å². The quantitative estimate of drug-likeness (QED) is 0.327. The Labute approximate surface area is 208 Å². The number of H-pyrrole nitrogens is 1. The van der Waals surface area contributed by atoms with Crippen molar-refractivity contribution in [2.24, 2.45) is 0 Å². The summed E-state index contributed by atoms with van der Waals surface area (Å²) in [6, 6.07) is -0.900. The van der Waals surface area contributed by atoms with Crippen LogP contribution in [0.1, 0.15) is 35.1 Å². The van der Waals surface area contributed by atoms with Crippen LogP contribution in [0.2, 0.25) is 0 Å². The number of alkyl halides is 3. The maximum Gasteiger partial charge on any atom is 0.408 e. The van der Waals surface area contributed by atoms with Gasteiger partial charge in [0, 0.05) is 49.1 Å². The van der Waals surface area contributed by atoms with Gasteiger partial charge in [0.25, 0.3) is 5.91 Å². The van der Waals surface area contributed by atoms with Crippen LogP contribution < -0.4 is 10.2 Å². The lowest BCUT2D eigenvalue weighted by Gasteiger charge is -2.50. The highest BCUT2D eigenvalue weighted by atomic mass is 19.4. The number of aromatic nitrogens is 4. The predicted molar refractivity (Wildman–Crippen MR) is 123 cm³/mol. The fourth-order valence-corrected chi connectivity index (χ4v) is 4.30. The molecule has 0 spiro atoms. The summed E-state index contributed by atoms with van der Waals surface area (Å²) in [6.07, 6.45) is 4.43. The maximum absolute atomic E-state index is 14.9. The standard InChI is InChI=1S/C24H23F5N6O2/c1-4-5-23(35-9-17(20(10-36)33-35)16-8-30-32-13(16)2)11-34(12-23)21-7-18(25)15(6-19(21)26)22(37)31-14(3)24(27,28)29/h1,6-9,14,36H,5,10-12H2,2-3H3,(H,30,32)(H,31,37)/t14-/m0/s1. The third kappa shape index (κ3) is 4.76. The van der Waals surface area contributed by atoms with Crippen LogP contribution in [0.4, 0.5) is 27.6 Å². The Morgan fingerprint density at radius 1 is 1.30 bits per heavy atom. The van der Waals surface area contributed by atoms with Crippen molar-refractivity contribution in [2.45, 2.75) is 44.6 Å². The van der Waals surface area contributed by atoms with Crippen LogP contribution in [0.15, 0.2) is 24.5 Å². The van der Waals surface area contributed by atoms with Crippen LogP contribution in [-0.2, 0) is 12.1 Å². The van der Waals surface area contributed by atoms with Crippen molar-refractivity contribution in [3.05, 3.63) is 53.1 Å². The third-order valence-corrected chi connectivity index (χ3v) is 6.41. The van der Waals surface area contributed by atoms with Crippen LogP contribution in [0.25, 0.3) is 11.1 Å². The molecule has 0 bridgehead atoms. The Balaban J connectivity index is 1.59. The van der Waals surface area contributed by atoms with Crippen molar-refractivity contribution in [3.63, 3.8) is 0 Å². The number of hydrogen-bond acceptors (Lipinski definition) is 5. The number of carbonyl (C=O) groups excluding carboxylic acids is 1. The zero-order valence-electron chi connectivity index (χ0n) is 19.8. The average Bonchev–Trinajstić information content (AvgIpc) is 3.42. The highest BCUT2D eigenvalue weighted by Gasteiger charge is 2.46. The molecule has 1 amide bonds. The summed E-state index contributed by atoms with van der Waals surface area (Å²) in [7, 11) is 0. The Hall–Kier alpha value is -3.92. The van der Waals surface area contributed by atoms with Crippen molar-refractivity contribution in [3.8, 4) is 23.5 Å². The van der Waals surface area contributed by atoms with E-state index in [1.165, 1.54) is 4.90 Å². The van der Waals surface area contributed by atoms with Crippen molar-refractivity contribution in [1.82, 2.24) is 25.3 Å². The smallest absolute Gasteiger partial charge is 0.390 e. The number of terminal acetylenes is 1. The van der Waals surface area contributed by atoms with Gasteiger partial charge in [0.15, 0.2) is 0 Å². The number of amides is 1. The van der Waals surface area contributed by atoms with Crippen LogP contribution in [0.3, 0.4) is 0 Å². The summed E-state index contributed by atoms with van der Waals surface area (Å²) in [6.45, 7) is 2.39. The molecule has 1 aliphatic rings. The molecule has 3 heterocycles. The molecular weight excluding hydrogens is 499 g/mol. The molecule has 1 saturated heterocycles. The molecule has 1 atom stereocenters. The molecule has 0 aliphatic carbocycles. The topological polar surface area (TPSA) is 99.1 Å². The summed E-state index contributed by atoms with van der Waals surface area (Å²) < 4.78 is 69.4. The van der Waals surface area contributed by atoms with Gasteiger partial charge in [0.1, 0.15) is 23.2 Å². The second-order valence-corrected chi connectivity index (χ2v) is 8.96. The van der Waals surface area contributed by atoms with Crippen molar-refractivity contribution in [2.75, 3.05) is 18.0 Å². The van der Waals surface area contributed by atoms with Crippen LogP contribution in [0.5, 0.6) is 0 Å². The molecule has 0 unspecified atom stereocenters. The van der Waals surface area contributed by atoms with Gasteiger partial charge in [-0.2, -0.15) is 23.4 Å². The fraction of sp³-hybridized carbons (Fsp3) is 0.375. The molecule has 4 rings (SSSR count). The van der Waals surface area contributed by atoms with E-state index in [2.05, 4.69) is 21.2 Å². The van der Waals surface area contributed by atoms with Crippen molar-refractivity contribution >= 4 is 11.6 Å². The van der Waals surface area contributed by atoms with E-state index < -0.39 is 40.9 Å². The second-order valence-electron chi connectivity index (χ2n) is 8.96. The molecular formula is C24H23F5N6O2. The highest BCUT2D eigenvalue weighted by Crippen LogP contribution is 2.39. The molecule has 2 aromatic heterocycles. The van der Waals surface area contributed by atoms with E-state index in [9.17, 15) is 31.9 Å². The zero-order chi connectivity index (χ0) is 27.1. The zero-order valence-corrected chi connectivity index (χ0v) is 19.8. The number of nitrogens with zero attached hydrogens (tertiary/aromatic N) is 4. The molecule has 1 aromatic carbocycles. The molecule has 196 valence electrons. The van der Waals surface area contributed by atoms with Gasteiger partial charge in [-0.05, 0) is 19.9 Å². The van der Waals surface area contributed by atoms with Crippen molar-refractivity contribution in [1.29, 1.82) is 0 Å². The summed E-state index contributed by atoms with van der Waals surface area (Å²) in [5.74, 6) is -0.957. The molecule has 3 aromatic rings. The number of aliphatic hydroxyl groups is 1. The van der Waals surface area contributed by atoms with Crippen LogP contribution in [0, 0.1) is 30.9 Å². The van der Waals surface area contributed by atoms with E-state index >= 15 is 0 Å². The number of benzene rings is 1. The third-order valence-electron chi connectivity index (χ3n) is 6.41. The number of carbonyl (C=O) groups is 1. The van der Waals surface area contributed by atoms with Gasteiger partial charge in [0.05, 0.1) is 29.2 Å². The molecule has 3 N–H and O–H groups in total. The number of hydrogen-bond donors (Lipinski definition) is 3. The van der Waals surface area contributed by atoms with Gasteiger partial charge in [-0.25, -0.2) is 8.78 Å². The average molecular weight is 522 g/mol. The lowest BCUT2D eigenvalue weighted by Crippen LogP contribution is -2.63. The van der Waals surface area contributed by atoms with E-state index in [4.69, 9.17) is 6.42 Å². The molecule has 37 heavy (non-hydrogen) atoms. The lowest BCUT2D eigenvalue weighted by atomic mass is 9.86. The van der Waals surface area contributed by atoms with Gasteiger partial charge >= 0.3 is 6.18 Å². The number of aryl methyl sites for hydroxylation is 1. The first kappa shape index (κ1) is 26.2.